The monoisotopic (exact) mass is 198 g/mol. The zero-order valence-electron chi connectivity index (χ0n) is 8.56. The SMILES string of the molecule is N=c1ccn(CCc2ccccc2)cc1. The summed E-state index contributed by atoms with van der Waals surface area (Å²) in [6.45, 7) is 0.963. The lowest BCUT2D eigenvalue weighted by molar-refractivity contribution is 0.689. The third kappa shape index (κ3) is 2.81. The summed E-state index contributed by atoms with van der Waals surface area (Å²) in [5.74, 6) is 0. The third-order valence-corrected chi connectivity index (χ3v) is 2.39. The molecule has 76 valence electrons. The maximum atomic E-state index is 7.37. The Labute approximate surface area is 89.3 Å². The fourth-order valence-electron chi connectivity index (χ4n) is 1.51. The van der Waals surface area contributed by atoms with Gasteiger partial charge in [0.15, 0.2) is 0 Å². The van der Waals surface area contributed by atoms with E-state index in [0.717, 1.165) is 13.0 Å². The van der Waals surface area contributed by atoms with Crippen LogP contribution >= 0.6 is 0 Å². The second kappa shape index (κ2) is 4.60. The lowest BCUT2D eigenvalue weighted by atomic mass is 10.1. The molecule has 0 radical (unpaired) electrons. The van der Waals surface area contributed by atoms with Gasteiger partial charge < -0.3 is 9.98 Å². The molecule has 2 aromatic rings. The summed E-state index contributed by atoms with van der Waals surface area (Å²) in [4.78, 5) is 0. The van der Waals surface area contributed by atoms with E-state index in [9.17, 15) is 0 Å². The molecule has 0 aliphatic heterocycles. The first-order valence-electron chi connectivity index (χ1n) is 5.09. The molecule has 0 bridgehead atoms. The van der Waals surface area contributed by atoms with Gasteiger partial charge in [-0.25, -0.2) is 0 Å². The second-order valence-corrected chi connectivity index (χ2v) is 3.56. The summed E-state index contributed by atoms with van der Waals surface area (Å²) >= 11 is 0. The summed E-state index contributed by atoms with van der Waals surface area (Å²) in [7, 11) is 0. The Morgan fingerprint density at radius 2 is 1.60 bits per heavy atom. The first-order valence-corrected chi connectivity index (χ1v) is 5.09. The highest BCUT2D eigenvalue weighted by atomic mass is 14.9. The molecule has 0 atom stereocenters. The number of benzene rings is 1. The quantitative estimate of drug-likeness (QED) is 0.783. The van der Waals surface area contributed by atoms with E-state index in [4.69, 9.17) is 5.41 Å². The van der Waals surface area contributed by atoms with Gasteiger partial charge in [0.25, 0.3) is 0 Å². The molecular formula is C13H14N2. The normalized spacial score (nSPS) is 10.1. The number of rotatable bonds is 3. The van der Waals surface area contributed by atoms with Crippen molar-refractivity contribution in [3.63, 3.8) is 0 Å². The molecule has 2 nitrogen and oxygen atoms in total. The van der Waals surface area contributed by atoms with Gasteiger partial charge in [0.05, 0.1) is 5.36 Å². The molecule has 0 amide bonds. The topological polar surface area (TPSA) is 28.8 Å². The smallest absolute Gasteiger partial charge is 0.0568 e. The van der Waals surface area contributed by atoms with Crippen LogP contribution in [0.1, 0.15) is 5.56 Å². The molecule has 1 aromatic heterocycles. The van der Waals surface area contributed by atoms with Crippen LogP contribution in [-0.2, 0) is 13.0 Å². The van der Waals surface area contributed by atoms with E-state index in [1.54, 1.807) is 0 Å². The Morgan fingerprint density at radius 3 is 2.27 bits per heavy atom. The minimum absolute atomic E-state index is 0.561. The maximum Gasteiger partial charge on any atom is 0.0568 e. The number of aromatic nitrogens is 1. The minimum Gasteiger partial charge on any atom is -0.354 e. The van der Waals surface area contributed by atoms with Crippen LogP contribution in [0.4, 0.5) is 0 Å². The number of hydrogen-bond acceptors (Lipinski definition) is 1. The molecule has 1 N–H and O–H groups in total. The first kappa shape index (κ1) is 9.71. The fourth-order valence-corrected chi connectivity index (χ4v) is 1.51. The fraction of sp³-hybridized carbons (Fsp3) is 0.154. The number of aryl methyl sites for hydroxylation is 2. The van der Waals surface area contributed by atoms with Gasteiger partial charge in [-0.2, -0.15) is 0 Å². The van der Waals surface area contributed by atoms with E-state index in [1.807, 2.05) is 30.6 Å². The van der Waals surface area contributed by atoms with Gasteiger partial charge in [0.1, 0.15) is 0 Å². The van der Waals surface area contributed by atoms with Gasteiger partial charge in [-0.1, -0.05) is 30.3 Å². The number of nitrogens with zero attached hydrogens (tertiary/aromatic N) is 1. The Morgan fingerprint density at radius 1 is 0.933 bits per heavy atom. The first-order chi connectivity index (χ1) is 7.34. The van der Waals surface area contributed by atoms with E-state index in [-0.39, 0.29) is 0 Å². The van der Waals surface area contributed by atoms with Crippen molar-refractivity contribution in [2.24, 2.45) is 0 Å². The zero-order valence-corrected chi connectivity index (χ0v) is 8.56. The standard InChI is InChI=1S/C13H14N2/c14-13-7-10-15(11-8-13)9-6-12-4-2-1-3-5-12/h1-5,7-8,10-11,14H,6,9H2. The van der Waals surface area contributed by atoms with Crippen molar-refractivity contribution in [1.82, 2.24) is 4.57 Å². The van der Waals surface area contributed by atoms with Crippen LogP contribution in [0.5, 0.6) is 0 Å². The molecule has 1 aromatic carbocycles. The maximum absolute atomic E-state index is 7.37. The van der Waals surface area contributed by atoms with Crippen molar-refractivity contribution < 1.29 is 0 Å². The lowest BCUT2D eigenvalue weighted by Crippen LogP contribution is -2.05. The van der Waals surface area contributed by atoms with Crippen LogP contribution in [0.15, 0.2) is 54.9 Å². The van der Waals surface area contributed by atoms with Gasteiger partial charge in [-0.05, 0) is 24.1 Å². The van der Waals surface area contributed by atoms with Crippen LogP contribution in [0.2, 0.25) is 0 Å². The number of nitrogens with one attached hydrogen (secondary N) is 1. The van der Waals surface area contributed by atoms with Crippen molar-refractivity contribution in [3.05, 3.63) is 65.8 Å². The van der Waals surface area contributed by atoms with Crippen molar-refractivity contribution in [2.75, 3.05) is 0 Å². The highest BCUT2D eigenvalue weighted by molar-refractivity contribution is 5.14. The van der Waals surface area contributed by atoms with Crippen molar-refractivity contribution in [1.29, 1.82) is 5.41 Å². The number of pyridine rings is 1. The minimum atomic E-state index is 0.561. The molecule has 2 heteroatoms. The van der Waals surface area contributed by atoms with E-state index >= 15 is 0 Å². The van der Waals surface area contributed by atoms with Crippen LogP contribution in [0.25, 0.3) is 0 Å². The average molecular weight is 198 g/mol. The van der Waals surface area contributed by atoms with Crippen LogP contribution in [-0.4, -0.2) is 4.57 Å². The Hall–Kier alpha value is -1.83. The molecule has 1 heterocycles. The molecule has 0 spiro atoms. The van der Waals surface area contributed by atoms with E-state index in [1.165, 1.54) is 5.56 Å². The lowest BCUT2D eigenvalue weighted by Gasteiger charge is -2.05. The van der Waals surface area contributed by atoms with Gasteiger partial charge >= 0.3 is 0 Å². The third-order valence-electron chi connectivity index (χ3n) is 2.39. The second-order valence-electron chi connectivity index (χ2n) is 3.56. The predicted octanol–water partition coefficient (Wildman–Crippen LogP) is 2.21. The van der Waals surface area contributed by atoms with E-state index < -0.39 is 0 Å². The Bertz CT molecular complexity index is 451. The van der Waals surface area contributed by atoms with Crippen molar-refractivity contribution >= 4 is 0 Å². The average Bonchev–Trinajstić information content (AvgIpc) is 2.30. The molecule has 0 fully saturated rings. The molecule has 2 rings (SSSR count). The summed E-state index contributed by atoms with van der Waals surface area (Å²) in [5, 5.41) is 7.94. The molecule has 0 aliphatic rings. The van der Waals surface area contributed by atoms with Gasteiger partial charge in [0.2, 0.25) is 0 Å². The van der Waals surface area contributed by atoms with Crippen LogP contribution in [0.3, 0.4) is 0 Å². The largest absolute Gasteiger partial charge is 0.354 e. The highest BCUT2D eigenvalue weighted by Gasteiger charge is 1.91. The van der Waals surface area contributed by atoms with Crippen molar-refractivity contribution in [2.45, 2.75) is 13.0 Å². The molecular weight excluding hydrogens is 184 g/mol. The Balaban J connectivity index is 1.99. The van der Waals surface area contributed by atoms with Gasteiger partial charge in [-0.15, -0.1) is 0 Å². The molecule has 15 heavy (non-hydrogen) atoms. The molecule has 0 unspecified atom stereocenters. The summed E-state index contributed by atoms with van der Waals surface area (Å²) in [5.41, 5.74) is 1.35. The van der Waals surface area contributed by atoms with Crippen molar-refractivity contribution in [3.8, 4) is 0 Å². The summed E-state index contributed by atoms with van der Waals surface area (Å²) < 4.78 is 2.10. The zero-order chi connectivity index (χ0) is 10.5. The Kier molecular flexibility index (Phi) is 2.98. The number of hydrogen-bond donors (Lipinski definition) is 1. The van der Waals surface area contributed by atoms with Crippen LogP contribution in [0, 0.1) is 5.41 Å². The summed E-state index contributed by atoms with van der Waals surface area (Å²) in [6.07, 6.45) is 4.93. The van der Waals surface area contributed by atoms with Gasteiger partial charge in [0, 0.05) is 18.9 Å². The molecule has 0 aliphatic carbocycles. The van der Waals surface area contributed by atoms with Gasteiger partial charge in [-0.3, -0.25) is 0 Å². The summed E-state index contributed by atoms with van der Waals surface area (Å²) in [6, 6.07) is 14.1. The molecule has 0 saturated carbocycles. The van der Waals surface area contributed by atoms with E-state index in [0.29, 0.717) is 5.36 Å². The highest BCUT2D eigenvalue weighted by Crippen LogP contribution is 2.00. The molecule has 0 saturated heterocycles. The van der Waals surface area contributed by atoms with E-state index in [2.05, 4.69) is 28.8 Å². The predicted molar refractivity (Wildman–Crippen MR) is 60.4 cm³/mol. The van der Waals surface area contributed by atoms with Crippen LogP contribution < -0.4 is 5.36 Å².